The van der Waals surface area contributed by atoms with E-state index in [1.807, 2.05) is 36.5 Å². The number of fused-ring (bicyclic) bond motifs is 3. The molecule has 0 unspecified atom stereocenters. The molecule has 5 heteroatoms. The molecule has 3 aromatic heterocycles. The van der Waals surface area contributed by atoms with Crippen LogP contribution in [0.25, 0.3) is 55.6 Å². The third kappa shape index (κ3) is 9.40. The molecule has 3 heterocycles. The molecule has 7 aromatic rings. The van der Waals surface area contributed by atoms with Crippen LogP contribution in [-0.4, -0.2) is 18.0 Å². The van der Waals surface area contributed by atoms with Crippen LogP contribution >= 0.6 is 0 Å². The molecule has 0 aliphatic carbocycles. The molecule has 0 N–H and O–H groups in total. The summed E-state index contributed by atoms with van der Waals surface area (Å²) >= 11 is 0. The summed E-state index contributed by atoms with van der Waals surface area (Å²) in [5.41, 5.74) is 11.0. The third-order valence-electron chi connectivity index (χ3n) is 8.77. The fourth-order valence-electron chi connectivity index (χ4n) is 6.56. The van der Waals surface area contributed by atoms with Gasteiger partial charge in [-0.3, -0.25) is 0 Å². The van der Waals surface area contributed by atoms with Crippen LogP contribution < -0.4 is 5.19 Å². The van der Waals surface area contributed by atoms with E-state index in [4.69, 9.17) is 4.42 Å². The van der Waals surface area contributed by atoms with Gasteiger partial charge in [-0.2, -0.15) is 0 Å². The molecule has 0 aliphatic heterocycles. The summed E-state index contributed by atoms with van der Waals surface area (Å²) in [6.07, 6.45) is 6.13. The van der Waals surface area contributed by atoms with Crippen molar-refractivity contribution in [2.45, 2.75) is 67.1 Å². The Kier molecular flexibility index (Phi) is 12.0. The average Bonchev–Trinajstić information content (AvgIpc) is 3.46. The van der Waals surface area contributed by atoms with E-state index in [1.165, 1.54) is 21.9 Å². The first-order valence-electron chi connectivity index (χ1n) is 17.7. The Bertz CT molecular complexity index is 2210. The van der Waals surface area contributed by atoms with Gasteiger partial charge in [-0.05, 0) is 64.0 Å². The Morgan fingerprint density at radius 1 is 0.745 bits per heavy atom. The van der Waals surface area contributed by atoms with E-state index in [1.54, 1.807) is 0 Å². The molecule has 0 bridgehead atoms. The minimum atomic E-state index is -1.34. The number of aromatic nitrogens is 2. The first kappa shape index (κ1) is 38.1. The Hall–Kier alpha value is -4.15. The quantitative estimate of drug-likeness (QED) is 0.118. The van der Waals surface area contributed by atoms with Gasteiger partial charge in [-0.25, -0.2) is 0 Å². The average molecular weight is 865 g/mol. The number of rotatable bonds is 7. The molecule has 51 heavy (non-hydrogen) atoms. The molecule has 3 nitrogen and oxygen atoms in total. The van der Waals surface area contributed by atoms with Crippen LogP contribution in [-0.2, 0) is 32.9 Å². The number of nitrogens with zero attached hydrogens (tertiary/aromatic N) is 2. The smallest absolute Gasteiger partial charge is 0.121 e. The largest absolute Gasteiger partial charge is 0.501 e. The Morgan fingerprint density at radius 2 is 1.51 bits per heavy atom. The summed E-state index contributed by atoms with van der Waals surface area (Å²) in [5, 5.41) is 3.71. The third-order valence-corrected chi connectivity index (χ3v) is 10.8. The van der Waals surface area contributed by atoms with Crippen molar-refractivity contribution in [1.82, 2.24) is 9.97 Å². The summed E-state index contributed by atoms with van der Waals surface area (Å²) in [5.74, 6) is 0.667. The normalized spacial score (nSPS) is 11.7. The van der Waals surface area contributed by atoms with Crippen molar-refractivity contribution in [3.63, 3.8) is 0 Å². The molecule has 7 rings (SSSR count). The van der Waals surface area contributed by atoms with Crippen molar-refractivity contribution in [3.8, 4) is 33.6 Å². The molecule has 0 amide bonds. The molecule has 4 aromatic carbocycles. The summed E-state index contributed by atoms with van der Waals surface area (Å²) in [4.78, 5) is 9.32. The van der Waals surface area contributed by atoms with Crippen LogP contribution in [0.15, 0.2) is 120 Å². The predicted octanol–water partition coefficient (Wildman–Crippen LogP) is 12.0. The molecule has 0 saturated heterocycles. The van der Waals surface area contributed by atoms with Gasteiger partial charge in [-0.15, -0.1) is 54.1 Å². The standard InChI is InChI=1S/C28H24NO.C18H24NSi.Ir/c1-28(2,3)18-19-14-15-29-25(16-19)24-11-7-10-23-22-13-12-21(17-26(22)30-27(23)24)20-8-5-4-6-9-20;1-14(2)11-16-12-17(15-9-7-6-8-10-15)19-13-18(16)20(3,4)5;/h4-10,12-17H,18H2,1-3H3;6-9,12-14H,11H2,1-5H3;/q2*-1;. The van der Waals surface area contributed by atoms with E-state index in [0.29, 0.717) is 5.92 Å². The monoisotopic (exact) mass is 865 g/mol. The maximum Gasteiger partial charge on any atom is 0.121 e. The Labute approximate surface area is 319 Å². The van der Waals surface area contributed by atoms with Gasteiger partial charge >= 0.3 is 0 Å². The second-order valence-electron chi connectivity index (χ2n) is 15.9. The summed E-state index contributed by atoms with van der Waals surface area (Å²) in [7, 11) is -1.34. The van der Waals surface area contributed by atoms with Gasteiger partial charge in [0.25, 0.3) is 0 Å². The second-order valence-corrected chi connectivity index (χ2v) is 21.0. The summed E-state index contributed by atoms with van der Waals surface area (Å²) in [6, 6.07) is 42.1. The Balaban J connectivity index is 0.000000211. The predicted molar refractivity (Wildman–Crippen MR) is 214 cm³/mol. The van der Waals surface area contributed by atoms with E-state index in [0.717, 1.165) is 62.9 Å². The number of hydrogen-bond acceptors (Lipinski definition) is 3. The van der Waals surface area contributed by atoms with Gasteiger partial charge in [0.1, 0.15) is 5.58 Å². The van der Waals surface area contributed by atoms with Crippen molar-refractivity contribution in [2.75, 3.05) is 0 Å². The fourth-order valence-corrected chi connectivity index (χ4v) is 8.15. The minimum absolute atomic E-state index is 0. The zero-order valence-corrected chi connectivity index (χ0v) is 34.5. The van der Waals surface area contributed by atoms with Gasteiger partial charge in [0.2, 0.25) is 0 Å². The number of benzene rings is 4. The van der Waals surface area contributed by atoms with Crippen molar-refractivity contribution < 1.29 is 24.5 Å². The molecule has 1 radical (unpaired) electrons. The van der Waals surface area contributed by atoms with E-state index >= 15 is 0 Å². The van der Waals surface area contributed by atoms with Gasteiger partial charge in [-0.1, -0.05) is 131 Å². The molecular formula is C46H48IrN2OSi-2. The van der Waals surface area contributed by atoms with Gasteiger partial charge < -0.3 is 14.4 Å². The summed E-state index contributed by atoms with van der Waals surface area (Å²) < 4.78 is 6.37. The van der Waals surface area contributed by atoms with Crippen LogP contribution in [0, 0.1) is 23.5 Å². The zero-order valence-electron chi connectivity index (χ0n) is 31.1. The molecule has 0 saturated carbocycles. The molecule has 0 spiro atoms. The van der Waals surface area contributed by atoms with E-state index < -0.39 is 8.07 Å². The number of pyridine rings is 2. The Morgan fingerprint density at radius 3 is 2.20 bits per heavy atom. The SMILES string of the molecule is CC(C)(C)Cc1ccnc(-c2[c-]ccc3c2oc2cc(-c4ccccc4)ccc23)c1.CC(C)Cc1cc(-c2[c-]cccc2)ncc1[Si](C)(C)C.[Ir]. The number of hydrogen-bond donors (Lipinski definition) is 0. The van der Waals surface area contributed by atoms with Crippen LogP contribution in [0.3, 0.4) is 0 Å². The van der Waals surface area contributed by atoms with Crippen molar-refractivity contribution in [2.24, 2.45) is 11.3 Å². The molecule has 0 fully saturated rings. The minimum Gasteiger partial charge on any atom is -0.501 e. The van der Waals surface area contributed by atoms with E-state index in [-0.39, 0.29) is 25.5 Å². The van der Waals surface area contributed by atoms with Gasteiger partial charge in [0, 0.05) is 37.9 Å². The number of furan rings is 1. The van der Waals surface area contributed by atoms with Crippen LogP contribution in [0.5, 0.6) is 0 Å². The first-order valence-corrected chi connectivity index (χ1v) is 21.2. The molecular weight excluding hydrogens is 817 g/mol. The molecule has 0 atom stereocenters. The van der Waals surface area contributed by atoms with Crippen LogP contribution in [0.2, 0.25) is 19.6 Å². The van der Waals surface area contributed by atoms with Gasteiger partial charge in [0.15, 0.2) is 0 Å². The second kappa shape index (κ2) is 16.0. The van der Waals surface area contributed by atoms with E-state index in [9.17, 15) is 0 Å². The van der Waals surface area contributed by atoms with Crippen molar-refractivity contribution in [1.29, 1.82) is 0 Å². The fraction of sp³-hybridized carbons (Fsp3) is 0.261. The van der Waals surface area contributed by atoms with Crippen molar-refractivity contribution >= 4 is 35.2 Å². The van der Waals surface area contributed by atoms with E-state index in [2.05, 4.69) is 155 Å². The first-order chi connectivity index (χ1) is 23.9. The van der Waals surface area contributed by atoms with Crippen LogP contribution in [0.1, 0.15) is 45.7 Å². The molecule has 263 valence electrons. The van der Waals surface area contributed by atoms with Gasteiger partial charge in [0.05, 0.1) is 13.7 Å². The maximum atomic E-state index is 6.37. The summed E-state index contributed by atoms with van der Waals surface area (Å²) in [6.45, 7) is 18.5. The topological polar surface area (TPSA) is 38.9 Å². The maximum absolute atomic E-state index is 6.37. The van der Waals surface area contributed by atoms with Crippen LogP contribution in [0.4, 0.5) is 0 Å². The van der Waals surface area contributed by atoms with Crippen molar-refractivity contribution in [3.05, 3.63) is 139 Å². The zero-order chi connectivity index (χ0) is 35.5. The molecule has 0 aliphatic rings.